The summed E-state index contributed by atoms with van der Waals surface area (Å²) in [7, 11) is 1.63. The lowest BCUT2D eigenvalue weighted by Gasteiger charge is -2.10. The van der Waals surface area contributed by atoms with Crippen molar-refractivity contribution in [3.63, 3.8) is 0 Å². The first-order valence-corrected chi connectivity index (χ1v) is 8.38. The Morgan fingerprint density at radius 3 is 2.52 bits per heavy atom. The standard InChI is InChI=1S/C19H16BrN3O2/c1-25-15-8-6-13(7-9-15)22-14-10-11-21-18(12-14)19(24)23-17-5-3-2-4-16(17)20/h2-12H,1H3,(H,21,22)(H,23,24). The molecular formula is C19H16BrN3O2. The van der Waals surface area contributed by atoms with Gasteiger partial charge in [-0.1, -0.05) is 12.1 Å². The largest absolute Gasteiger partial charge is 0.497 e. The number of nitrogens with one attached hydrogen (secondary N) is 2. The molecule has 0 fully saturated rings. The van der Waals surface area contributed by atoms with E-state index in [1.807, 2.05) is 48.5 Å². The molecule has 6 heteroatoms. The Bertz CT molecular complexity index is 882. The van der Waals surface area contributed by atoms with Gasteiger partial charge in [0.15, 0.2) is 0 Å². The summed E-state index contributed by atoms with van der Waals surface area (Å²) in [4.78, 5) is 16.6. The van der Waals surface area contributed by atoms with Crippen LogP contribution in [0.4, 0.5) is 17.1 Å². The summed E-state index contributed by atoms with van der Waals surface area (Å²) in [6.45, 7) is 0. The number of nitrogens with zero attached hydrogens (tertiary/aromatic N) is 1. The number of carbonyl (C=O) groups excluding carboxylic acids is 1. The van der Waals surface area contributed by atoms with Crippen molar-refractivity contribution >= 4 is 38.9 Å². The van der Waals surface area contributed by atoms with Crippen LogP contribution in [-0.4, -0.2) is 18.0 Å². The molecule has 25 heavy (non-hydrogen) atoms. The van der Waals surface area contributed by atoms with Crippen LogP contribution in [-0.2, 0) is 0 Å². The van der Waals surface area contributed by atoms with Crippen molar-refractivity contribution in [3.05, 3.63) is 77.0 Å². The van der Waals surface area contributed by atoms with Crippen molar-refractivity contribution in [2.45, 2.75) is 0 Å². The van der Waals surface area contributed by atoms with Crippen LogP contribution in [0, 0.1) is 0 Å². The molecule has 0 saturated heterocycles. The summed E-state index contributed by atoms with van der Waals surface area (Å²) in [5.41, 5.74) is 2.69. The van der Waals surface area contributed by atoms with E-state index in [0.29, 0.717) is 11.4 Å². The zero-order valence-electron chi connectivity index (χ0n) is 13.5. The normalized spacial score (nSPS) is 10.2. The molecular weight excluding hydrogens is 382 g/mol. The molecule has 1 amide bonds. The van der Waals surface area contributed by atoms with Crippen molar-refractivity contribution in [1.82, 2.24) is 4.98 Å². The van der Waals surface area contributed by atoms with Gasteiger partial charge in [-0.15, -0.1) is 0 Å². The second-order valence-electron chi connectivity index (χ2n) is 5.22. The molecule has 0 atom stereocenters. The fourth-order valence-electron chi connectivity index (χ4n) is 2.22. The van der Waals surface area contributed by atoms with E-state index in [1.165, 1.54) is 0 Å². The molecule has 1 heterocycles. The number of anilines is 3. The highest BCUT2D eigenvalue weighted by Gasteiger charge is 2.10. The van der Waals surface area contributed by atoms with Gasteiger partial charge in [-0.2, -0.15) is 0 Å². The highest BCUT2D eigenvalue weighted by Crippen LogP contribution is 2.23. The number of rotatable bonds is 5. The number of carbonyl (C=O) groups is 1. The highest BCUT2D eigenvalue weighted by atomic mass is 79.9. The quantitative estimate of drug-likeness (QED) is 0.645. The molecule has 0 unspecified atom stereocenters. The topological polar surface area (TPSA) is 63.2 Å². The number of hydrogen-bond acceptors (Lipinski definition) is 4. The first-order chi connectivity index (χ1) is 12.2. The molecule has 126 valence electrons. The number of halogens is 1. The Morgan fingerprint density at radius 2 is 1.80 bits per heavy atom. The van der Waals surface area contributed by atoms with Crippen LogP contribution in [0.25, 0.3) is 0 Å². The number of para-hydroxylation sites is 1. The van der Waals surface area contributed by atoms with E-state index < -0.39 is 0 Å². The first-order valence-electron chi connectivity index (χ1n) is 7.59. The van der Waals surface area contributed by atoms with E-state index in [4.69, 9.17) is 4.74 Å². The Hall–Kier alpha value is -2.86. The zero-order chi connectivity index (χ0) is 17.6. The maximum atomic E-state index is 12.4. The van der Waals surface area contributed by atoms with Crippen molar-refractivity contribution in [2.75, 3.05) is 17.7 Å². The minimum absolute atomic E-state index is 0.273. The monoisotopic (exact) mass is 397 g/mol. The van der Waals surface area contributed by atoms with Crippen LogP contribution in [0.3, 0.4) is 0 Å². The van der Waals surface area contributed by atoms with Crippen LogP contribution in [0.5, 0.6) is 5.75 Å². The van der Waals surface area contributed by atoms with Crippen molar-refractivity contribution in [1.29, 1.82) is 0 Å². The summed E-state index contributed by atoms with van der Waals surface area (Å²) in [6.07, 6.45) is 1.60. The number of methoxy groups -OCH3 is 1. The molecule has 0 spiro atoms. The minimum Gasteiger partial charge on any atom is -0.497 e. The van der Waals surface area contributed by atoms with Gasteiger partial charge in [0.1, 0.15) is 11.4 Å². The zero-order valence-corrected chi connectivity index (χ0v) is 15.1. The third-order valence-corrected chi connectivity index (χ3v) is 4.18. The average Bonchev–Trinajstić information content (AvgIpc) is 2.64. The summed E-state index contributed by atoms with van der Waals surface area (Å²) in [5, 5.41) is 6.08. The Labute approximate surface area is 154 Å². The maximum absolute atomic E-state index is 12.4. The van der Waals surface area contributed by atoms with Gasteiger partial charge in [-0.3, -0.25) is 9.78 Å². The Kier molecular flexibility index (Phi) is 5.30. The summed E-state index contributed by atoms with van der Waals surface area (Å²) >= 11 is 3.41. The molecule has 3 aromatic rings. The molecule has 0 aliphatic carbocycles. The number of aromatic nitrogens is 1. The SMILES string of the molecule is COc1ccc(Nc2ccnc(C(=O)Nc3ccccc3Br)c2)cc1. The smallest absolute Gasteiger partial charge is 0.274 e. The molecule has 0 aliphatic rings. The van der Waals surface area contributed by atoms with E-state index in [1.54, 1.807) is 25.4 Å². The van der Waals surface area contributed by atoms with Gasteiger partial charge >= 0.3 is 0 Å². The molecule has 2 aromatic carbocycles. The Balaban J connectivity index is 1.74. The number of benzene rings is 2. The number of amides is 1. The lowest BCUT2D eigenvalue weighted by molar-refractivity contribution is 0.102. The van der Waals surface area contributed by atoms with Crippen LogP contribution in [0.1, 0.15) is 10.5 Å². The molecule has 1 aromatic heterocycles. The van der Waals surface area contributed by atoms with Gasteiger partial charge in [0.25, 0.3) is 5.91 Å². The lowest BCUT2D eigenvalue weighted by atomic mass is 10.2. The predicted octanol–water partition coefficient (Wildman–Crippen LogP) is 4.85. The van der Waals surface area contributed by atoms with Crippen LogP contribution < -0.4 is 15.4 Å². The second-order valence-corrected chi connectivity index (χ2v) is 6.07. The van der Waals surface area contributed by atoms with Gasteiger partial charge in [0.05, 0.1) is 12.8 Å². The van der Waals surface area contributed by atoms with Gasteiger partial charge in [0.2, 0.25) is 0 Å². The van der Waals surface area contributed by atoms with E-state index in [9.17, 15) is 4.79 Å². The second kappa shape index (κ2) is 7.81. The van der Waals surface area contributed by atoms with Crippen molar-refractivity contribution in [3.8, 4) is 5.75 Å². The van der Waals surface area contributed by atoms with E-state index in [-0.39, 0.29) is 5.91 Å². The van der Waals surface area contributed by atoms with Gasteiger partial charge in [-0.25, -0.2) is 0 Å². The molecule has 0 bridgehead atoms. The summed E-state index contributed by atoms with van der Waals surface area (Å²) in [5.74, 6) is 0.513. The van der Waals surface area contributed by atoms with E-state index in [2.05, 4.69) is 31.5 Å². The molecule has 0 saturated carbocycles. The van der Waals surface area contributed by atoms with Gasteiger partial charge in [0, 0.05) is 22.0 Å². The van der Waals surface area contributed by atoms with Crippen LogP contribution >= 0.6 is 15.9 Å². The lowest BCUT2D eigenvalue weighted by Crippen LogP contribution is -2.14. The number of ether oxygens (including phenoxy) is 1. The Morgan fingerprint density at radius 1 is 1.04 bits per heavy atom. The number of hydrogen-bond donors (Lipinski definition) is 2. The summed E-state index contributed by atoms with van der Waals surface area (Å²) < 4.78 is 5.96. The minimum atomic E-state index is -0.273. The molecule has 0 radical (unpaired) electrons. The fraction of sp³-hybridized carbons (Fsp3) is 0.0526. The van der Waals surface area contributed by atoms with Crippen LogP contribution in [0.2, 0.25) is 0 Å². The highest BCUT2D eigenvalue weighted by molar-refractivity contribution is 9.10. The van der Waals surface area contributed by atoms with Crippen LogP contribution in [0.15, 0.2) is 71.3 Å². The molecule has 3 rings (SSSR count). The third kappa shape index (κ3) is 4.36. The predicted molar refractivity (Wildman–Crippen MR) is 103 cm³/mol. The van der Waals surface area contributed by atoms with Crippen molar-refractivity contribution in [2.24, 2.45) is 0 Å². The summed E-state index contributed by atoms with van der Waals surface area (Å²) in [6, 6.07) is 18.5. The van der Waals surface area contributed by atoms with Gasteiger partial charge in [-0.05, 0) is 64.5 Å². The van der Waals surface area contributed by atoms with Gasteiger partial charge < -0.3 is 15.4 Å². The van der Waals surface area contributed by atoms with Crippen molar-refractivity contribution < 1.29 is 9.53 Å². The maximum Gasteiger partial charge on any atom is 0.274 e. The number of pyridine rings is 1. The average molecular weight is 398 g/mol. The van der Waals surface area contributed by atoms with E-state index >= 15 is 0 Å². The fourth-order valence-corrected chi connectivity index (χ4v) is 2.61. The van der Waals surface area contributed by atoms with E-state index in [0.717, 1.165) is 21.6 Å². The molecule has 2 N–H and O–H groups in total. The first kappa shape index (κ1) is 17.0. The molecule has 0 aliphatic heterocycles. The third-order valence-electron chi connectivity index (χ3n) is 3.49. The molecule has 5 nitrogen and oxygen atoms in total.